The second-order valence-electron chi connectivity index (χ2n) is 4.46. The third-order valence-corrected chi connectivity index (χ3v) is 3.69. The van der Waals surface area contributed by atoms with Gasteiger partial charge in [-0.3, -0.25) is 10.1 Å². The van der Waals surface area contributed by atoms with Crippen molar-refractivity contribution in [3.63, 3.8) is 0 Å². The molecule has 0 aliphatic heterocycles. The van der Waals surface area contributed by atoms with Crippen LogP contribution in [0.4, 0.5) is 5.69 Å². The van der Waals surface area contributed by atoms with Gasteiger partial charge in [0.1, 0.15) is 11.1 Å². The normalized spacial score (nSPS) is 11.9. The minimum Gasteiger partial charge on any atom is -0.453 e. The number of nitrogens with zero attached hydrogens (tertiary/aromatic N) is 2. The zero-order valence-electron chi connectivity index (χ0n) is 12.0. The van der Waals surface area contributed by atoms with Crippen LogP contribution >= 0.6 is 11.3 Å². The van der Waals surface area contributed by atoms with Crippen LogP contribution in [0.3, 0.4) is 0 Å². The summed E-state index contributed by atoms with van der Waals surface area (Å²) in [4.78, 5) is 26.4. The van der Waals surface area contributed by atoms with Gasteiger partial charge in [-0.05, 0) is 12.5 Å². The van der Waals surface area contributed by atoms with Gasteiger partial charge in [0.2, 0.25) is 0 Å². The molecule has 116 valence electrons. The number of nitro benzene ring substituents is 1. The molecule has 2 aromatic rings. The van der Waals surface area contributed by atoms with E-state index in [0.29, 0.717) is 17.2 Å². The van der Waals surface area contributed by atoms with Crippen LogP contribution in [-0.4, -0.2) is 23.0 Å². The lowest BCUT2D eigenvalue weighted by atomic mass is 10.1. The summed E-state index contributed by atoms with van der Waals surface area (Å²) in [6.07, 6.45) is -0.611. The van der Waals surface area contributed by atoms with E-state index in [4.69, 9.17) is 9.47 Å². The average molecular weight is 322 g/mol. The third-order valence-electron chi connectivity index (χ3n) is 2.86. The number of nitro groups is 1. The Kier molecular flexibility index (Phi) is 5.18. The van der Waals surface area contributed by atoms with Gasteiger partial charge in [0.05, 0.1) is 11.5 Å². The summed E-state index contributed by atoms with van der Waals surface area (Å²) in [6.45, 7) is 1.98. The Morgan fingerprint density at radius 3 is 2.95 bits per heavy atom. The fourth-order valence-electron chi connectivity index (χ4n) is 1.77. The monoisotopic (exact) mass is 322 g/mol. The van der Waals surface area contributed by atoms with Crippen LogP contribution in [0.2, 0.25) is 0 Å². The highest BCUT2D eigenvalue weighted by molar-refractivity contribution is 7.09. The first-order valence-electron chi connectivity index (χ1n) is 6.40. The first kappa shape index (κ1) is 16.1. The standard InChI is InChI=1S/C14H14N2O5S/c1-9(10-4-3-5-11(6-10)16(18)19)21-14(17)12-8-22-13(15-12)7-20-2/h3-6,8-9H,7H2,1-2H3/t9-/m0/s1. The molecule has 0 bridgehead atoms. The Labute approximate surface area is 130 Å². The smallest absolute Gasteiger partial charge is 0.358 e. The number of thiazole rings is 1. The molecule has 2 rings (SSSR count). The lowest BCUT2D eigenvalue weighted by Crippen LogP contribution is -2.10. The largest absolute Gasteiger partial charge is 0.453 e. The predicted octanol–water partition coefficient (Wildman–Crippen LogP) is 3.12. The number of hydrogen-bond acceptors (Lipinski definition) is 7. The Morgan fingerprint density at radius 2 is 2.27 bits per heavy atom. The topological polar surface area (TPSA) is 91.6 Å². The van der Waals surface area contributed by atoms with Gasteiger partial charge >= 0.3 is 5.97 Å². The van der Waals surface area contributed by atoms with Crippen molar-refractivity contribution in [3.8, 4) is 0 Å². The number of carbonyl (C=O) groups excluding carboxylic acids is 1. The molecule has 0 saturated heterocycles. The van der Waals surface area contributed by atoms with Crippen molar-refractivity contribution in [2.24, 2.45) is 0 Å². The second kappa shape index (κ2) is 7.10. The van der Waals surface area contributed by atoms with E-state index in [2.05, 4.69) is 4.98 Å². The fourth-order valence-corrected chi connectivity index (χ4v) is 2.51. The van der Waals surface area contributed by atoms with Crippen molar-refractivity contribution in [1.29, 1.82) is 0 Å². The summed E-state index contributed by atoms with van der Waals surface area (Å²) in [5.74, 6) is -0.572. The van der Waals surface area contributed by atoms with Gasteiger partial charge in [0.25, 0.3) is 5.69 Å². The van der Waals surface area contributed by atoms with Crippen LogP contribution in [0, 0.1) is 10.1 Å². The van der Waals surface area contributed by atoms with E-state index >= 15 is 0 Å². The van der Waals surface area contributed by atoms with E-state index in [0.717, 1.165) is 0 Å². The van der Waals surface area contributed by atoms with Crippen molar-refractivity contribution in [2.75, 3.05) is 7.11 Å². The number of non-ortho nitro benzene ring substituents is 1. The van der Waals surface area contributed by atoms with Crippen LogP contribution in [0.25, 0.3) is 0 Å². The zero-order valence-corrected chi connectivity index (χ0v) is 12.8. The minimum atomic E-state index is -0.611. The maximum Gasteiger partial charge on any atom is 0.358 e. The Balaban J connectivity index is 2.07. The summed E-state index contributed by atoms with van der Waals surface area (Å²) < 4.78 is 10.2. The molecule has 0 unspecified atom stereocenters. The molecule has 7 nitrogen and oxygen atoms in total. The Hall–Kier alpha value is -2.32. The molecule has 1 aromatic carbocycles. The highest BCUT2D eigenvalue weighted by Crippen LogP contribution is 2.23. The maximum absolute atomic E-state index is 12.0. The van der Waals surface area contributed by atoms with Gasteiger partial charge < -0.3 is 9.47 Å². The van der Waals surface area contributed by atoms with E-state index in [-0.39, 0.29) is 11.4 Å². The second-order valence-corrected chi connectivity index (χ2v) is 5.40. The van der Waals surface area contributed by atoms with Crippen LogP contribution in [0.5, 0.6) is 0 Å². The number of rotatable bonds is 6. The van der Waals surface area contributed by atoms with Crippen LogP contribution in [0.15, 0.2) is 29.6 Å². The first-order chi connectivity index (χ1) is 10.5. The van der Waals surface area contributed by atoms with E-state index in [1.165, 1.54) is 23.5 Å². The molecule has 22 heavy (non-hydrogen) atoms. The molecule has 0 N–H and O–H groups in total. The number of methoxy groups -OCH3 is 1. The average Bonchev–Trinajstić information content (AvgIpc) is 2.96. The number of carbonyl (C=O) groups is 1. The fraction of sp³-hybridized carbons (Fsp3) is 0.286. The highest BCUT2D eigenvalue weighted by Gasteiger charge is 2.18. The number of ether oxygens (including phenoxy) is 2. The molecule has 0 aliphatic rings. The molecule has 0 radical (unpaired) electrons. The summed E-state index contributed by atoms with van der Waals surface area (Å²) in [5.41, 5.74) is 0.709. The van der Waals surface area contributed by atoms with Crippen molar-refractivity contribution in [1.82, 2.24) is 4.98 Å². The highest BCUT2D eigenvalue weighted by atomic mass is 32.1. The van der Waals surface area contributed by atoms with Gasteiger partial charge in [-0.25, -0.2) is 9.78 Å². The molecule has 0 saturated carbocycles. The summed E-state index contributed by atoms with van der Waals surface area (Å²) in [5, 5.41) is 13.0. The van der Waals surface area contributed by atoms with Gasteiger partial charge in [-0.2, -0.15) is 0 Å². The van der Waals surface area contributed by atoms with Crippen molar-refractivity contribution < 1.29 is 19.2 Å². The summed E-state index contributed by atoms with van der Waals surface area (Å²) in [7, 11) is 1.55. The van der Waals surface area contributed by atoms with Crippen molar-refractivity contribution in [3.05, 3.63) is 56.0 Å². The lowest BCUT2D eigenvalue weighted by Gasteiger charge is -2.12. The quantitative estimate of drug-likeness (QED) is 0.461. The van der Waals surface area contributed by atoms with Crippen LogP contribution in [0.1, 0.15) is 34.1 Å². The lowest BCUT2D eigenvalue weighted by molar-refractivity contribution is -0.385. The molecule has 1 heterocycles. The summed E-state index contributed by atoms with van der Waals surface area (Å²) in [6, 6.07) is 5.99. The molecular weight excluding hydrogens is 308 g/mol. The SMILES string of the molecule is COCc1nc(C(=O)O[C@@H](C)c2cccc([N+](=O)[O-])c2)cs1. The molecule has 1 atom stereocenters. The number of aromatic nitrogens is 1. The van der Waals surface area contributed by atoms with E-state index < -0.39 is 17.0 Å². The molecular formula is C14H14N2O5S. The van der Waals surface area contributed by atoms with Crippen molar-refractivity contribution in [2.45, 2.75) is 19.6 Å². The van der Waals surface area contributed by atoms with E-state index in [9.17, 15) is 14.9 Å². The number of benzene rings is 1. The molecule has 0 spiro atoms. The maximum atomic E-state index is 12.0. The van der Waals surface area contributed by atoms with Gasteiger partial charge in [0.15, 0.2) is 5.69 Å². The first-order valence-corrected chi connectivity index (χ1v) is 7.28. The van der Waals surface area contributed by atoms with Gasteiger partial charge in [-0.15, -0.1) is 11.3 Å². The van der Waals surface area contributed by atoms with Crippen LogP contribution in [-0.2, 0) is 16.1 Å². The summed E-state index contributed by atoms with van der Waals surface area (Å²) >= 11 is 1.31. The Bertz CT molecular complexity index is 685. The number of hydrogen-bond donors (Lipinski definition) is 0. The molecule has 0 aliphatic carbocycles. The van der Waals surface area contributed by atoms with Crippen LogP contribution < -0.4 is 0 Å². The van der Waals surface area contributed by atoms with E-state index in [1.54, 1.807) is 31.5 Å². The van der Waals surface area contributed by atoms with E-state index in [1.807, 2.05) is 0 Å². The molecule has 1 aromatic heterocycles. The third kappa shape index (κ3) is 3.86. The predicted molar refractivity (Wildman–Crippen MR) is 79.8 cm³/mol. The van der Waals surface area contributed by atoms with Gasteiger partial charge in [-0.1, -0.05) is 12.1 Å². The molecule has 0 fully saturated rings. The minimum absolute atomic E-state index is 0.0450. The Morgan fingerprint density at radius 1 is 1.50 bits per heavy atom. The zero-order chi connectivity index (χ0) is 16.1. The molecule has 8 heteroatoms. The number of esters is 1. The van der Waals surface area contributed by atoms with Gasteiger partial charge in [0, 0.05) is 24.6 Å². The molecule has 0 amide bonds. The van der Waals surface area contributed by atoms with Crippen molar-refractivity contribution >= 4 is 23.0 Å².